The molecule has 106 heavy (non-hydrogen) atoms. The van der Waals surface area contributed by atoms with E-state index in [4.69, 9.17) is 28.5 Å². The minimum Gasteiger partial charge on any atom is -0.480 e. The van der Waals surface area contributed by atoms with Crippen LogP contribution in [0.25, 0.3) is 0 Å². The Balaban J connectivity index is 1.48. The summed E-state index contributed by atoms with van der Waals surface area (Å²) in [4.78, 5) is 147. The molecule has 45 heteroatoms. The van der Waals surface area contributed by atoms with Crippen molar-refractivity contribution in [2.75, 3.05) is 91.8 Å². The van der Waals surface area contributed by atoms with Gasteiger partial charge in [0.05, 0.1) is 102 Å². The van der Waals surface area contributed by atoms with E-state index in [1.54, 1.807) is 0 Å². The van der Waals surface area contributed by atoms with Gasteiger partial charge in [-0.2, -0.15) is 0 Å². The average Bonchev–Trinajstić information content (AvgIpc) is 0.769. The molecule has 0 bridgehead atoms. The van der Waals surface area contributed by atoms with E-state index in [2.05, 4.69) is 59.9 Å². The van der Waals surface area contributed by atoms with E-state index >= 15 is 0 Å². The van der Waals surface area contributed by atoms with E-state index in [-0.39, 0.29) is 32.2 Å². The van der Waals surface area contributed by atoms with Crippen molar-refractivity contribution in [2.45, 2.75) is 214 Å². The van der Waals surface area contributed by atoms with Crippen LogP contribution >= 0.6 is 0 Å². The minimum atomic E-state index is -2.93. The van der Waals surface area contributed by atoms with Gasteiger partial charge in [-0.15, -0.1) is 6.58 Å². The van der Waals surface area contributed by atoms with Crippen LogP contribution in [0.3, 0.4) is 0 Å². The van der Waals surface area contributed by atoms with Gasteiger partial charge in [0.2, 0.25) is 47.6 Å². The molecule has 3 aliphatic heterocycles. The highest BCUT2D eigenvalue weighted by Gasteiger charge is 2.58. The van der Waals surface area contributed by atoms with Crippen LogP contribution in [0.4, 0.5) is 0 Å². The highest BCUT2D eigenvalue weighted by atomic mass is 16.8. The highest BCUT2D eigenvalue weighted by Crippen LogP contribution is 2.36. The number of carbonyl (C=O) groups excluding carboxylic acids is 9. The van der Waals surface area contributed by atoms with E-state index in [0.717, 1.165) is 23.8 Å². The van der Waals surface area contributed by atoms with Gasteiger partial charge in [0.15, 0.2) is 24.1 Å². The number of nitrogens with zero attached hydrogens (tertiary/aromatic N) is 2. The topological polar surface area (TPSA) is 694 Å². The first-order valence-corrected chi connectivity index (χ1v) is 33.9. The first kappa shape index (κ1) is 93.5. The molecule has 0 radical (unpaired) electrons. The number of aliphatic carboxylic acids is 2. The maximum Gasteiger partial charge on any atom is 0.364 e. The van der Waals surface area contributed by atoms with E-state index < -0.39 is 284 Å². The number of ether oxygens (including phenoxy) is 5. The second kappa shape index (κ2) is 46.0. The fourth-order valence-electron chi connectivity index (χ4n) is 10.6. The van der Waals surface area contributed by atoms with Crippen LogP contribution in [0.15, 0.2) is 12.7 Å². The summed E-state index contributed by atoms with van der Waals surface area (Å²) in [7, 11) is 0. The summed E-state index contributed by atoms with van der Waals surface area (Å²) < 4.78 is 28.4. The van der Waals surface area contributed by atoms with Gasteiger partial charge in [0.1, 0.15) is 86.3 Å². The van der Waals surface area contributed by atoms with E-state index in [1.165, 1.54) is 27.7 Å². The SMILES string of the molecule is C=CC(NCC(=O)NCC(=O)NCCCC)C(=O)CN(CC(O)O)C(=O)CNC(O)CNC(C)(C)C(=O)CN(CC(=O)O)C(=O)CNC(=O)CNC(=O)CCCCC(=O)NO[C@@H]1OC(CO)[C@@H](O[C@@H]2OC(CO[C@]3(C(=O)O)CC(O)[C@@H](N[C@H](C)O)C(C(O)C(O)CO)O3)[C@H](O)C(O)C2O)C(O)C1NC(C)O. The van der Waals surface area contributed by atoms with E-state index in [0.29, 0.717) is 11.4 Å². The van der Waals surface area contributed by atoms with Gasteiger partial charge in [-0.3, -0.25) is 69.2 Å². The van der Waals surface area contributed by atoms with Gasteiger partial charge in [-0.05, 0) is 47.0 Å². The number of nitrogens with one attached hydrogen (secondary N) is 10. The lowest BCUT2D eigenvalue weighted by atomic mass is 9.88. The molecule has 7 amide bonds. The number of aliphatic hydroxyl groups is 14. The van der Waals surface area contributed by atoms with Crippen LogP contribution in [-0.2, 0) is 81.3 Å². The summed E-state index contributed by atoms with van der Waals surface area (Å²) in [5, 5.41) is 189. The smallest absolute Gasteiger partial charge is 0.364 e. The molecule has 3 rings (SSSR count). The number of unbranched alkanes of at least 4 members (excludes halogenated alkanes) is 2. The van der Waals surface area contributed by atoms with Crippen molar-refractivity contribution < 1.29 is 163 Å². The predicted octanol–water partition coefficient (Wildman–Crippen LogP) is -14.0. The Labute approximate surface area is 607 Å². The first-order valence-electron chi connectivity index (χ1n) is 33.9. The lowest BCUT2D eigenvalue weighted by molar-refractivity contribution is -0.362. The van der Waals surface area contributed by atoms with Crippen LogP contribution < -0.4 is 53.3 Å². The predicted molar refractivity (Wildman–Crippen MR) is 353 cm³/mol. The number of carbonyl (C=O) groups is 11. The van der Waals surface area contributed by atoms with Gasteiger partial charge in [-0.1, -0.05) is 19.4 Å². The Morgan fingerprint density at radius 3 is 1.83 bits per heavy atom. The minimum absolute atomic E-state index is 0.0168. The molecule has 13 unspecified atom stereocenters. The number of carboxylic acids is 2. The molecular weight excluding hydrogens is 1430 g/mol. The van der Waals surface area contributed by atoms with Crippen molar-refractivity contribution in [3.63, 3.8) is 0 Å². The Morgan fingerprint density at radius 1 is 0.660 bits per heavy atom. The molecule has 45 nitrogen and oxygen atoms in total. The van der Waals surface area contributed by atoms with Crippen LogP contribution in [0.2, 0.25) is 0 Å². The number of hydrogen-bond donors (Lipinski definition) is 26. The number of Topliss-reactive ketones (excluding diaryl/α,β-unsaturated/α-hetero) is 2. The highest BCUT2D eigenvalue weighted by molar-refractivity contribution is 5.95. The van der Waals surface area contributed by atoms with E-state index in [1.807, 2.05) is 6.92 Å². The Bertz CT molecular complexity index is 2850. The van der Waals surface area contributed by atoms with Crippen molar-refractivity contribution in [3.05, 3.63) is 12.7 Å². The van der Waals surface area contributed by atoms with Crippen molar-refractivity contribution in [3.8, 4) is 0 Å². The summed E-state index contributed by atoms with van der Waals surface area (Å²) in [6.45, 7) is 1.13. The van der Waals surface area contributed by atoms with Crippen molar-refractivity contribution in [2.24, 2.45) is 0 Å². The molecular formula is C61H106N12O33. The molecule has 3 fully saturated rings. The molecule has 0 aromatic rings. The van der Waals surface area contributed by atoms with Gasteiger partial charge < -0.3 is 142 Å². The molecule has 20 atom stereocenters. The quantitative estimate of drug-likeness (QED) is 0.0116. The van der Waals surface area contributed by atoms with Crippen LogP contribution in [0, 0.1) is 0 Å². The van der Waals surface area contributed by atoms with Gasteiger partial charge in [0, 0.05) is 32.4 Å². The van der Waals surface area contributed by atoms with Crippen LogP contribution in [-0.4, -0.2) is 382 Å². The number of β-amino-alcohol motifs (C(OH)–C–C–N with tert-alkyl or cyclic N) is 1. The zero-order valence-electron chi connectivity index (χ0n) is 59.2. The molecule has 3 saturated heterocycles. The number of hydroxylamine groups is 1. The zero-order valence-corrected chi connectivity index (χ0v) is 59.2. The number of hydrogen-bond acceptors (Lipinski definition) is 36. The molecule has 26 N–H and O–H groups in total. The third kappa shape index (κ3) is 30.8. The second-order valence-corrected chi connectivity index (χ2v) is 25.7. The molecule has 0 aromatic carbocycles. The summed E-state index contributed by atoms with van der Waals surface area (Å²) in [5.41, 5.74) is 0.482. The van der Waals surface area contributed by atoms with Crippen molar-refractivity contribution >= 4 is 64.9 Å². The van der Waals surface area contributed by atoms with Crippen molar-refractivity contribution in [1.29, 1.82) is 0 Å². The fraction of sp³-hybridized carbons (Fsp3) is 0.787. The molecule has 608 valence electrons. The molecule has 0 aliphatic carbocycles. The van der Waals surface area contributed by atoms with Crippen LogP contribution in [0.1, 0.15) is 79.6 Å². The van der Waals surface area contributed by atoms with E-state index in [9.17, 15) is 134 Å². The van der Waals surface area contributed by atoms with Crippen LogP contribution in [0.5, 0.6) is 0 Å². The molecule has 0 spiro atoms. The summed E-state index contributed by atoms with van der Waals surface area (Å²) in [6.07, 6.45) is -30.5. The first-order chi connectivity index (χ1) is 49.7. The lowest BCUT2D eigenvalue weighted by Gasteiger charge is -2.48. The standard InChI is InChI=1S/C61H106N12O33/c1-7-9-14-62-40(84)17-65-41(85)16-63-31(8-2)33(79)22-72(24-46(90)91)44(88)20-67-43(87)19-68-60(5,6)37(81)23-73(25-47(92)93)45(89)21-66-42(86)18-64-38(82)12-10-11-13-39(83)71-106-57-49(70-30(4)77)52(96)55(35(27-75)102-57)104-58-54(98)53(97)51(95)36(103-58)28-101-61(59(99)100)15-32(78)48(69-29(3)76)56(105-61)50(94)34(80)26-74/h8,29-32,34-36,43,46,48-58,63,67-70,74-78,80,87,90-91,94-98H,2,7,9-28H2,1,3-6H3,(H,62,84)(H,64,82)(H,65,85)(H,66,86)(H,71,83)(H,92,93)(H,99,100)/t29-,30?,31?,32?,34?,35?,36?,43?,48+,49?,50?,51-,52?,53?,54?,55+,56?,57-,58-,61+/m0/s1. The lowest BCUT2D eigenvalue weighted by Crippen LogP contribution is -2.69. The van der Waals surface area contributed by atoms with Gasteiger partial charge in [0.25, 0.3) is 5.79 Å². The maximum atomic E-state index is 13.4. The largest absolute Gasteiger partial charge is 0.480 e. The summed E-state index contributed by atoms with van der Waals surface area (Å²) >= 11 is 0. The fourth-order valence-corrected chi connectivity index (χ4v) is 10.6. The van der Waals surface area contributed by atoms with Gasteiger partial charge >= 0.3 is 11.9 Å². The number of rotatable bonds is 50. The molecule has 0 saturated carbocycles. The maximum absolute atomic E-state index is 13.4. The summed E-state index contributed by atoms with van der Waals surface area (Å²) in [5.74, 6) is -13.4. The zero-order chi connectivity index (χ0) is 79.9. The molecule has 3 aliphatic rings. The Hall–Kier alpha value is -6.69. The number of amides is 7. The monoisotopic (exact) mass is 1530 g/mol. The number of ketones is 2. The average molecular weight is 1540 g/mol. The van der Waals surface area contributed by atoms with Gasteiger partial charge in [-0.25, -0.2) is 15.1 Å². The molecule has 0 aromatic heterocycles. The third-order valence-electron chi connectivity index (χ3n) is 16.6. The number of aliphatic hydroxyl groups excluding tert-OH is 13. The Kier molecular flexibility index (Phi) is 40.6. The summed E-state index contributed by atoms with van der Waals surface area (Å²) in [6, 6.07) is -4.25. The Morgan fingerprint density at radius 2 is 1.25 bits per heavy atom. The second-order valence-electron chi connectivity index (χ2n) is 25.7. The normalized spacial score (nSPS) is 26.4. The van der Waals surface area contributed by atoms with Crippen molar-refractivity contribution in [1.82, 2.24) is 63.1 Å². The number of carboxylic acid groups (broad SMARTS) is 2. The molecule has 3 heterocycles. The third-order valence-corrected chi connectivity index (χ3v) is 16.6.